The monoisotopic (exact) mass is 356 g/mol. The molecule has 0 aliphatic rings. The number of benzene rings is 2. The highest BCUT2D eigenvalue weighted by Gasteiger charge is 2.24. The van der Waals surface area contributed by atoms with E-state index in [9.17, 15) is 9.90 Å². The lowest BCUT2D eigenvalue weighted by atomic mass is 9.98. The van der Waals surface area contributed by atoms with Gasteiger partial charge >= 0.3 is 0 Å². The molecule has 5 heteroatoms. The normalized spacial score (nSPS) is 10.8. The van der Waals surface area contributed by atoms with Crippen molar-refractivity contribution in [3.8, 4) is 23.0 Å². The van der Waals surface area contributed by atoms with Gasteiger partial charge in [0.2, 0.25) is 0 Å². The summed E-state index contributed by atoms with van der Waals surface area (Å²) in [7, 11) is 4.54. The first-order chi connectivity index (χ1) is 12.3. The Kier molecular flexibility index (Phi) is 5.93. The van der Waals surface area contributed by atoms with Gasteiger partial charge < -0.3 is 19.3 Å². The lowest BCUT2D eigenvalue weighted by Crippen LogP contribution is -2.05. The Morgan fingerprint density at radius 3 is 2.12 bits per heavy atom. The summed E-state index contributed by atoms with van der Waals surface area (Å²) in [5, 5.41) is 10.5. The van der Waals surface area contributed by atoms with Gasteiger partial charge in [-0.15, -0.1) is 0 Å². The molecule has 0 atom stereocenters. The third-order valence-corrected chi connectivity index (χ3v) is 4.42. The minimum absolute atomic E-state index is 0.0916. The quantitative estimate of drug-likeness (QED) is 0.619. The Balaban J connectivity index is 2.46. The lowest BCUT2D eigenvalue weighted by molar-refractivity contribution is 0.104. The highest BCUT2D eigenvalue weighted by molar-refractivity contribution is 6.11. The van der Waals surface area contributed by atoms with E-state index in [0.29, 0.717) is 5.75 Å². The van der Waals surface area contributed by atoms with Gasteiger partial charge in [0.1, 0.15) is 17.1 Å². The largest absolute Gasteiger partial charge is 0.504 e. The summed E-state index contributed by atoms with van der Waals surface area (Å²) in [6, 6.07) is 5.62. The molecule has 0 aliphatic carbocycles. The number of ether oxygens (including phenoxy) is 3. The number of phenolic OH excluding ortho intramolecular Hbond substituents is 1. The Labute approximate surface area is 153 Å². The number of phenols is 1. The molecule has 2 aromatic carbocycles. The number of aromatic hydroxyl groups is 1. The van der Waals surface area contributed by atoms with E-state index in [1.807, 2.05) is 32.0 Å². The van der Waals surface area contributed by atoms with Crippen molar-refractivity contribution in [2.45, 2.75) is 20.8 Å². The van der Waals surface area contributed by atoms with Gasteiger partial charge in [-0.25, -0.2) is 0 Å². The number of ketones is 1. The molecule has 0 amide bonds. The second-order valence-corrected chi connectivity index (χ2v) is 5.97. The number of allylic oxidation sites excluding steroid dienone is 1. The Hall–Kier alpha value is -2.95. The summed E-state index contributed by atoms with van der Waals surface area (Å²) in [4.78, 5) is 12.8. The third-order valence-electron chi connectivity index (χ3n) is 4.42. The van der Waals surface area contributed by atoms with Gasteiger partial charge in [0.15, 0.2) is 17.3 Å². The van der Waals surface area contributed by atoms with E-state index in [-0.39, 0.29) is 22.8 Å². The van der Waals surface area contributed by atoms with Crippen LogP contribution < -0.4 is 14.2 Å². The summed E-state index contributed by atoms with van der Waals surface area (Å²) in [6.07, 6.45) is 3.10. The van der Waals surface area contributed by atoms with Gasteiger partial charge in [-0.2, -0.15) is 0 Å². The van der Waals surface area contributed by atoms with Gasteiger partial charge in [-0.1, -0.05) is 12.1 Å². The molecule has 0 aliphatic heterocycles. The predicted molar refractivity (Wildman–Crippen MR) is 102 cm³/mol. The summed E-state index contributed by atoms with van der Waals surface area (Å²) >= 11 is 0. The van der Waals surface area contributed by atoms with E-state index >= 15 is 0 Å². The summed E-state index contributed by atoms with van der Waals surface area (Å²) in [5.74, 6) is 0.829. The van der Waals surface area contributed by atoms with Crippen molar-refractivity contribution in [1.82, 2.24) is 0 Å². The van der Waals surface area contributed by atoms with Gasteiger partial charge in [0, 0.05) is 5.56 Å². The van der Waals surface area contributed by atoms with Crippen molar-refractivity contribution >= 4 is 11.9 Å². The van der Waals surface area contributed by atoms with Crippen molar-refractivity contribution in [3.63, 3.8) is 0 Å². The van der Waals surface area contributed by atoms with Crippen molar-refractivity contribution < 1.29 is 24.1 Å². The fourth-order valence-electron chi connectivity index (χ4n) is 2.92. The number of carbonyl (C=O) groups is 1. The van der Waals surface area contributed by atoms with Crippen molar-refractivity contribution in [2.24, 2.45) is 0 Å². The van der Waals surface area contributed by atoms with Crippen molar-refractivity contribution in [1.29, 1.82) is 0 Å². The third kappa shape index (κ3) is 3.52. The van der Waals surface area contributed by atoms with E-state index < -0.39 is 0 Å². The van der Waals surface area contributed by atoms with Crippen LogP contribution in [0.15, 0.2) is 24.3 Å². The maximum Gasteiger partial charge on any atom is 0.193 e. The van der Waals surface area contributed by atoms with E-state index in [2.05, 4.69) is 0 Å². The fourth-order valence-corrected chi connectivity index (χ4v) is 2.92. The molecule has 1 N–H and O–H groups in total. The molecule has 5 nitrogen and oxygen atoms in total. The van der Waals surface area contributed by atoms with Crippen LogP contribution in [0.2, 0.25) is 0 Å². The van der Waals surface area contributed by atoms with E-state index in [0.717, 1.165) is 28.0 Å². The molecule has 0 saturated carbocycles. The van der Waals surface area contributed by atoms with Crippen LogP contribution in [0.3, 0.4) is 0 Å². The number of rotatable bonds is 6. The van der Waals surface area contributed by atoms with Gasteiger partial charge in [0.05, 0.1) is 21.3 Å². The van der Waals surface area contributed by atoms with Crippen LogP contribution in [0, 0.1) is 20.8 Å². The molecule has 0 bridgehead atoms. The van der Waals surface area contributed by atoms with Crippen molar-refractivity contribution in [3.05, 3.63) is 52.1 Å². The lowest BCUT2D eigenvalue weighted by Gasteiger charge is -2.17. The molecule has 0 radical (unpaired) electrons. The van der Waals surface area contributed by atoms with Crippen LogP contribution in [0.5, 0.6) is 23.0 Å². The Bertz CT molecular complexity index is 865. The topological polar surface area (TPSA) is 65.0 Å². The first-order valence-electron chi connectivity index (χ1n) is 8.16. The Morgan fingerprint density at radius 2 is 1.58 bits per heavy atom. The molecule has 138 valence electrons. The molecular weight excluding hydrogens is 332 g/mol. The van der Waals surface area contributed by atoms with Crippen LogP contribution in [-0.2, 0) is 0 Å². The molecule has 0 fully saturated rings. The maximum atomic E-state index is 12.8. The molecule has 0 heterocycles. The molecule has 0 aromatic heterocycles. The SMILES string of the molecule is COc1ccc(/C=C/C(=O)c2c(O)c(OC)c(C)c(C)c2OC)cc1C. The molecule has 0 spiro atoms. The van der Waals surface area contributed by atoms with Crippen LogP contribution in [0.25, 0.3) is 6.08 Å². The molecular formula is C21H24O5. The standard InChI is InChI=1S/C21H24O5/c1-12-11-15(8-10-17(12)24-4)7-9-16(22)18-19(23)21(26-6)14(3)13(2)20(18)25-5/h7-11,23H,1-6H3/b9-7+. The minimum Gasteiger partial charge on any atom is -0.504 e. The zero-order valence-corrected chi connectivity index (χ0v) is 16.0. The second kappa shape index (κ2) is 7.95. The molecule has 0 unspecified atom stereocenters. The highest BCUT2D eigenvalue weighted by atomic mass is 16.5. The van der Waals surface area contributed by atoms with E-state index in [1.165, 1.54) is 20.3 Å². The minimum atomic E-state index is -0.366. The molecule has 2 aromatic rings. The maximum absolute atomic E-state index is 12.8. The average molecular weight is 356 g/mol. The second-order valence-electron chi connectivity index (χ2n) is 5.97. The number of methoxy groups -OCH3 is 3. The van der Waals surface area contributed by atoms with E-state index in [4.69, 9.17) is 14.2 Å². The average Bonchev–Trinajstić information content (AvgIpc) is 2.63. The summed E-state index contributed by atoms with van der Waals surface area (Å²) in [6.45, 7) is 5.56. The zero-order valence-electron chi connectivity index (χ0n) is 16.0. The van der Waals surface area contributed by atoms with Crippen LogP contribution in [0.1, 0.15) is 32.6 Å². The first-order valence-corrected chi connectivity index (χ1v) is 8.16. The predicted octanol–water partition coefficient (Wildman–Crippen LogP) is 4.24. The van der Waals surface area contributed by atoms with Crippen LogP contribution in [0.4, 0.5) is 0 Å². The summed E-state index contributed by atoms with van der Waals surface area (Å²) in [5.41, 5.74) is 3.39. The first kappa shape index (κ1) is 19.4. The number of carbonyl (C=O) groups excluding carboxylic acids is 1. The van der Waals surface area contributed by atoms with E-state index in [1.54, 1.807) is 20.1 Å². The number of aryl methyl sites for hydroxylation is 1. The highest BCUT2D eigenvalue weighted by Crippen LogP contribution is 2.43. The van der Waals surface area contributed by atoms with Gasteiger partial charge in [0.25, 0.3) is 0 Å². The van der Waals surface area contributed by atoms with Gasteiger partial charge in [-0.05, 0) is 55.7 Å². The fraction of sp³-hybridized carbons (Fsp3) is 0.286. The summed E-state index contributed by atoms with van der Waals surface area (Å²) < 4.78 is 15.9. The van der Waals surface area contributed by atoms with Crippen molar-refractivity contribution in [2.75, 3.05) is 21.3 Å². The molecule has 0 saturated heterocycles. The molecule has 26 heavy (non-hydrogen) atoms. The van der Waals surface area contributed by atoms with Crippen LogP contribution >= 0.6 is 0 Å². The van der Waals surface area contributed by atoms with Crippen LogP contribution in [-0.4, -0.2) is 32.2 Å². The smallest absolute Gasteiger partial charge is 0.193 e. The number of hydrogen-bond acceptors (Lipinski definition) is 5. The molecule has 2 rings (SSSR count). The zero-order chi connectivity index (χ0) is 19.4. The number of hydrogen-bond donors (Lipinski definition) is 1. The van der Waals surface area contributed by atoms with Gasteiger partial charge in [-0.3, -0.25) is 4.79 Å². The Morgan fingerprint density at radius 1 is 0.962 bits per heavy atom.